The Bertz CT molecular complexity index is 987. The molecule has 0 bridgehead atoms. The molecule has 3 aromatic carbocycles. The lowest BCUT2D eigenvalue weighted by Crippen LogP contribution is -2.12. The molecular weight excluding hydrogens is 359 g/mol. The molecule has 5 nitrogen and oxygen atoms in total. The molecule has 6 heteroatoms. The highest BCUT2D eigenvalue weighted by Crippen LogP contribution is 2.23. The first-order chi connectivity index (χ1) is 13.6. The molecule has 0 atom stereocenters. The average Bonchev–Trinajstić information content (AvgIpc) is 2.70. The Labute approximate surface area is 162 Å². The summed E-state index contributed by atoms with van der Waals surface area (Å²) < 4.78 is 18.3. The fraction of sp³-hybridized carbons (Fsp3) is 0.0909. The van der Waals surface area contributed by atoms with Gasteiger partial charge in [0.25, 0.3) is 5.91 Å². The molecule has 1 amide bonds. The van der Waals surface area contributed by atoms with E-state index in [0.717, 1.165) is 5.69 Å². The predicted octanol–water partition coefficient (Wildman–Crippen LogP) is 5.00. The van der Waals surface area contributed by atoms with E-state index in [-0.39, 0.29) is 5.56 Å². The predicted molar refractivity (Wildman–Crippen MR) is 106 cm³/mol. The molecule has 3 rings (SSSR count). The Morgan fingerprint density at radius 2 is 1.64 bits per heavy atom. The van der Waals surface area contributed by atoms with Gasteiger partial charge in [-0.3, -0.25) is 4.79 Å². The zero-order valence-electron chi connectivity index (χ0n) is 15.2. The van der Waals surface area contributed by atoms with Gasteiger partial charge in [0, 0.05) is 16.9 Å². The van der Waals surface area contributed by atoms with Crippen molar-refractivity contribution >= 4 is 28.9 Å². The van der Waals surface area contributed by atoms with Gasteiger partial charge in [-0.1, -0.05) is 18.2 Å². The Morgan fingerprint density at radius 3 is 2.36 bits per heavy atom. The lowest BCUT2D eigenvalue weighted by Gasteiger charge is -2.12. The minimum Gasteiger partial charge on any atom is -0.462 e. The van der Waals surface area contributed by atoms with E-state index in [9.17, 15) is 14.0 Å². The summed E-state index contributed by atoms with van der Waals surface area (Å²) in [6.45, 7) is 2.05. The van der Waals surface area contributed by atoms with Crippen LogP contribution in [0.15, 0.2) is 72.8 Å². The number of carbonyl (C=O) groups excluding carboxylic acids is 2. The molecule has 3 aromatic rings. The molecule has 0 unspecified atom stereocenters. The van der Waals surface area contributed by atoms with E-state index in [1.54, 1.807) is 55.5 Å². The van der Waals surface area contributed by atoms with Gasteiger partial charge in [-0.25, -0.2) is 9.18 Å². The largest absolute Gasteiger partial charge is 0.462 e. The lowest BCUT2D eigenvalue weighted by atomic mass is 10.1. The van der Waals surface area contributed by atoms with E-state index in [4.69, 9.17) is 4.74 Å². The standard InChI is InChI=1S/C22H19FN2O3/c1-2-28-22(27)19-8-3-4-9-20(19)24-17-10-12-18(13-11-17)25-21(26)15-6-5-7-16(23)14-15/h3-14,24H,2H2,1H3,(H,25,26). The minimum absolute atomic E-state index is 0.241. The number of anilines is 3. The zero-order chi connectivity index (χ0) is 19.9. The highest BCUT2D eigenvalue weighted by atomic mass is 19.1. The molecule has 142 valence electrons. The van der Waals surface area contributed by atoms with Gasteiger partial charge in [0.05, 0.1) is 17.9 Å². The van der Waals surface area contributed by atoms with E-state index in [2.05, 4.69) is 10.6 Å². The second kappa shape index (κ2) is 8.81. The molecule has 2 N–H and O–H groups in total. The Kier molecular flexibility index (Phi) is 6.01. The third-order valence-corrected chi connectivity index (χ3v) is 3.93. The van der Waals surface area contributed by atoms with Crippen LogP contribution in [0.25, 0.3) is 0 Å². The smallest absolute Gasteiger partial charge is 0.340 e. The molecule has 0 aliphatic carbocycles. The first kappa shape index (κ1) is 19.1. The maximum Gasteiger partial charge on any atom is 0.340 e. The number of ether oxygens (including phenoxy) is 1. The van der Waals surface area contributed by atoms with Gasteiger partial charge in [0.15, 0.2) is 0 Å². The summed E-state index contributed by atoms with van der Waals surface area (Å²) in [5, 5.41) is 5.88. The van der Waals surface area contributed by atoms with Gasteiger partial charge in [-0.15, -0.1) is 0 Å². The summed E-state index contributed by atoms with van der Waals surface area (Å²) in [7, 11) is 0. The maximum absolute atomic E-state index is 13.2. The summed E-state index contributed by atoms with van der Waals surface area (Å²) in [5.41, 5.74) is 2.61. The fourth-order valence-corrected chi connectivity index (χ4v) is 2.60. The fourth-order valence-electron chi connectivity index (χ4n) is 2.60. The number of benzene rings is 3. The Hall–Kier alpha value is -3.67. The minimum atomic E-state index is -0.465. The van der Waals surface area contributed by atoms with Gasteiger partial charge < -0.3 is 15.4 Å². The molecule has 0 saturated carbocycles. The van der Waals surface area contributed by atoms with Crippen molar-refractivity contribution < 1.29 is 18.7 Å². The van der Waals surface area contributed by atoms with E-state index < -0.39 is 17.7 Å². The first-order valence-electron chi connectivity index (χ1n) is 8.77. The van der Waals surface area contributed by atoms with Gasteiger partial charge in [-0.05, 0) is 61.5 Å². The van der Waals surface area contributed by atoms with E-state index in [0.29, 0.717) is 23.5 Å². The SMILES string of the molecule is CCOC(=O)c1ccccc1Nc1ccc(NC(=O)c2cccc(F)c2)cc1. The molecule has 0 aliphatic heterocycles. The normalized spacial score (nSPS) is 10.2. The quantitative estimate of drug-likeness (QED) is 0.593. The molecule has 0 radical (unpaired) electrons. The number of para-hydroxylation sites is 1. The number of rotatable bonds is 6. The van der Waals surface area contributed by atoms with Crippen LogP contribution in [0.3, 0.4) is 0 Å². The van der Waals surface area contributed by atoms with E-state index in [1.807, 2.05) is 6.07 Å². The lowest BCUT2D eigenvalue weighted by molar-refractivity contribution is 0.0527. The molecule has 0 spiro atoms. The number of hydrogen-bond donors (Lipinski definition) is 2. The topological polar surface area (TPSA) is 67.4 Å². The summed E-state index contributed by atoms with van der Waals surface area (Å²) in [6.07, 6.45) is 0. The first-order valence-corrected chi connectivity index (χ1v) is 8.77. The molecule has 0 heterocycles. The van der Waals surface area contributed by atoms with Crippen LogP contribution in [-0.4, -0.2) is 18.5 Å². The van der Waals surface area contributed by atoms with Crippen LogP contribution in [0, 0.1) is 5.82 Å². The van der Waals surface area contributed by atoms with Crippen molar-refractivity contribution in [3.63, 3.8) is 0 Å². The second-order valence-corrected chi connectivity index (χ2v) is 5.93. The van der Waals surface area contributed by atoms with Crippen molar-refractivity contribution in [3.8, 4) is 0 Å². The molecule has 0 fully saturated rings. The molecule has 0 aliphatic rings. The Balaban J connectivity index is 1.70. The van der Waals surface area contributed by atoms with Crippen molar-refractivity contribution in [2.75, 3.05) is 17.2 Å². The number of halogens is 1. The zero-order valence-corrected chi connectivity index (χ0v) is 15.2. The third-order valence-electron chi connectivity index (χ3n) is 3.93. The van der Waals surface area contributed by atoms with Crippen molar-refractivity contribution in [1.82, 2.24) is 0 Å². The van der Waals surface area contributed by atoms with Crippen LogP contribution < -0.4 is 10.6 Å². The maximum atomic E-state index is 13.2. The van der Waals surface area contributed by atoms with Crippen LogP contribution in [0.2, 0.25) is 0 Å². The highest BCUT2D eigenvalue weighted by Gasteiger charge is 2.12. The van der Waals surface area contributed by atoms with Crippen molar-refractivity contribution in [2.24, 2.45) is 0 Å². The number of hydrogen-bond acceptors (Lipinski definition) is 4. The van der Waals surface area contributed by atoms with Gasteiger partial charge >= 0.3 is 5.97 Å². The Morgan fingerprint density at radius 1 is 0.929 bits per heavy atom. The van der Waals surface area contributed by atoms with Crippen molar-refractivity contribution in [1.29, 1.82) is 0 Å². The van der Waals surface area contributed by atoms with Gasteiger partial charge in [0.1, 0.15) is 5.82 Å². The number of carbonyl (C=O) groups is 2. The molecule has 28 heavy (non-hydrogen) atoms. The van der Waals surface area contributed by atoms with Crippen molar-refractivity contribution in [2.45, 2.75) is 6.92 Å². The van der Waals surface area contributed by atoms with Crippen molar-refractivity contribution in [3.05, 3.63) is 89.7 Å². The summed E-state index contributed by atoms with van der Waals surface area (Å²) in [6, 6.07) is 19.5. The van der Waals surface area contributed by atoms with Gasteiger partial charge in [0.2, 0.25) is 0 Å². The summed E-state index contributed by atoms with van der Waals surface area (Å²) >= 11 is 0. The second-order valence-electron chi connectivity index (χ2n) is 5.93. The highest BCUT2D eigenvalue weighted by molar-refractivity contribution is 6.04. The van der Waals surface area contributed by atoms with Gasteiger partial charge in [-0.2, -0.15) is 0 Å². The monoisotopic (exact) mass is 378 g/mol. The van der Waals surface area contributed by atoms with Crippen LogP contribution >= 0.6 is 0 Å². The summed E-state index contributed by atoms with van der Waals surface area (Å²) in [4.78, 5) is 24.2. The van der Waals surface area contributed by atoms with E-state index >= 15 is 0 Å². The molecular formula is C22H19FN2O3. The van der Waals surface area contributed by atoms with Crippen LogP contribution in [0.4, 0.5) is 21.5 Å². The number of nitrogens with one attached hydrogen (secondary N) is 2. The van der Waals surface area contributed by atoms with Crippen LogP contribution in [0.5, 0.6) is 0 Å². The van der Waals surface area contributed by atoms with Crippen LogP contribution in [0.1, 0.15) is 27.6 Å². The molecule has 0 aromatic heterocycles. The van der Waals surface area contributed by atoms with E-state index in [1.165, 1.54) is 18.2 Å². The average molecular weight is 378 g/mol. The third kappa shape index (κ3) is 4.73. The van der Waals surface area contributed by atoms with Crippen LogP contribution in [-0.2, 0) is 4.74 Å². The number of amides is 1. The number of esters is 1. The summed E-state index contributed by atoms with van der Waals surface area (Å²) in [5.74, 6) is -1.26. The molecule has 0 saturated heterocycles.